The van der Waals surface area contributed by atoms with Crippen molar-refractivity contribution in [2.24, 2.45) is 5.92 Å². The molecule has 0 bridgehead atoms. The Kier molecular flexibility index (Phi) is 6.30. The fourth-order valence-corrected chi connectivity index (χ4v) is 1.29. The van der Waals surface area contributed by atoms with E-state index in [4.69, 9.17) is 9.47 Å². The summed E-state index contributed by atoms with van der Waals surface area (Å²) in [5.74, 6) is 0.519. The Balaban J connectivity index is 0.000000631. The minimum atomic E-state index is -0.909. The quantitative estimate of drug-likeness (QED) is 0.679. The molecule has 4 heteroatoms. The Bertz CT molecular complexity index is 268. The van der Waals surface area contributed by atoms with E-state index < -0.39 is 11.3 Å². The van der Waals surface area contributed by atoms with Crippen LogP contribution in [0.1, 0.15) is 48.5 Å². The van der Waals surface area contributed by atoms with Crippen LogP contribution in [0, 0.1) is 5.92 Å². The summed E-state index contributed by atoms with van der Waals surface area (Å²) in [6, 6.07) is 0. The van der Waals surface area contributed by atoms with Crippen molar-refractivity contribution >= 4 is 5.97 Å². The molecule has 1 aliphatic rings. The molecule has 0 aromatic rings. The first-order chi connectivity index (χ1) is 7.99. The molecule has 0 aromatic carbocycles. The molecule has 1 rings (SSSR count). The lowest BCUT2D eigenvalue weighted by Crippen LogP contribution is -2.50. The summed E-state index contributed by atoms with van der Waals surface area (Å²) in [6.07, 6.45) is 0. The molecular weight excluding hydrogens is 230 g/mol. The number of nitrogens with zero attached hydrogens (tertiary/aromatic N) is 1. The van der Waals surface area contributed by atoms with Crippen molar-refractivity contribution in [1.82, 2.24) is 4.90 Å². The van der Waals surface area contributed by atoms with Crippen molar-refractivity contribution in [3.05, 3.63) is 0 Å². The van der Waals surface area contributed by atoms with Gasteiger partial charge in [0, 0.05) is 6.54 Å². The van der Waals surface area contributed by atoms with Gasteiger partial charge in [-0.05, 0) is 40.7 Å². The second kappa shape index (κ2) is 6.53. The number of carbonyl (C=O) groups is 1. The van der Waals surface area contributed by atoms with Gasteiger partial charge >= 0.3 is 5.97 Å². The van der Waals surface area contributed by atoms with Crippen LogP contribution in [0.2, 0.25) is 0 Å². The van der Waals surface area contributed by atoms with Crippen molar-refractivity contribution in [3.63, 3.8) is 0 Å². The highest BCUT2D eigenvalue weighted by atomic mass is 16.6. The molecule has 0 amide bonds. The highest BCUT2D eigenvalue weighted by Gasteiger charge is 2.45. The second-order valence-electron chi connectivity index (χ2n) is 6.49. The molecule has 1 saturated heterocycles. The normalized spacial score (nSPS) is 24.7. The summed E-state index contributed by atoms with van der Waals surface area (Å²) in [5.41, 5.74) is -1.37. The molecule has 1 aliphatic heterocycles. The number of carbonyl (C=O) groups excluding carboxylic acids is 1. The minimum absolute atomic E-state index is 0.315. The zero-order chi connectivity index (χ0) is 14.6. The van der Waals surface area contributed by atoms with Gasteiger partial charge in [-0.2, -0.15) is 0 Å². The monoisotopic (exact) mass is 259 g/mol. The maximum Gasteiger partial charge on any atom is 0.354 e. The summed E-state index contributed by atoms with van der Waals surface area (Å²) in [6.45, 7) is 15.1. The summed E-state index contributed by atoms with van der Waals surface area (Å²) in [7, 11) is 1.86. The van der Waals surface area contributed by atoms with Gasteiger partial charge in [-0.25, -0.2) is 4.79 Å². The molecule has 4 nitrogen and oxygen atoms in total. The Morgan fingerprint density at radius 3 is 2.06 bits per heavy atom. The minimum Gasteiger partial charge on any atom is -0.457 e. The Labute approximate surface area is 112 Å². The second-order valence-corrected chi connectivity index (χ2v) is 6.49. The molecule has 1 heterocycles. The standard InChI is InChI=1S/C10H19NO3.C4H10/c1-9(2,3)14-8(12)10(4)11(5)6-7-13-10;1-4(2)3/h6-7H2,1-5H3;4H,1-3H3. The van der Waals surface area contributed by atoms with Gasteiger partial charge in [0.1, 0.15) is 5.60 Å². The van der Waals surface area contributed by atoms with Crippen LogP contribution in [0.25, 0.3) is 0 Å². The van der Waals surface area contributed by atoms with Crippen LogP contribution in [-0.2, 0) is 14.3 Å². The zero-order valence-electron chi connectivity index (χ0n) is 13.2. The lowest BCUT2D eigenvalue weighted by atomic mass is 10.1. The first kappa shape index (κ1) is 17.4. The van der Waals surface area contributed by atoms with Gasteiger partial charge in [0.2, 0.25) is 5.72 Å². The van der Waals surface area contributed by atoms with E-state index in [0.717, 1.165) is 12.5 Å². The van der Waals surface area contributed by atoms with Crippen molar-refractivity contribution in [1.29, 1.82) is 0 Å². The van der Waals surface area contributed by atoms with Gasteiger partial charge in [0.15, 0.2) is 0 Å². The molecule has 18 heavy (non-hydrogen) atoms. The van der Waals surface area contributed by atoms with E-state index in [9.17, 15) is 4.79 Å². The highest BCUT2D eigenvalue weighted by molar-refractivity contribution is 5.79. The average molecular weight is 259 g/mol. The molecule has 1 unspecified atom stereocenters. The number of likely N-dealkylation sites (N-methyl/N-ethyl adjacent to an activating group) is 1. The molecular formula is C14H29NO3. The third-order valence-electron chi connectivity index (χ3n) is 2.32. The summed E-state index contributed by atoms with van der Waals surface area (Å²) in [5, 5.41) is 0. The van der Waals surface area contributed by atoms with E-state index in [1.807, 2.05) is 32.7 Å². The van der Waals surface area contributed by atoms with Crippen LogP contribution < -0.4 is 0 Å². The molecule has 0 aliphatic carbocycles. The van der Waals surface area contributed by atoms with Gasteiger partial charge in [0.25, 0.3) is 0 Å². The maximum absolute atomic E-state index is 11.8. The molecule has 0 saturated carbocycles. The fourth-order valence-electron chi connectivity index (χ4n) is 1.29. The number of ether oxygens (including phenoxy) is 2. The Morgan fingerprint density at radius 2 is 1.78 bits per heavy atom. The van der Waals surface area contributed by atoms with E-state index in [1.54, 1.807) is 6.92 Å². The first-order valence-electron chi connectivity index (χ1n) is 6.57. The molecule has 108 valence electrons. The SMILES string of the molecule is CC(C)C.CN1CCOC1(C)C(=O)OC(C)(C)C. The molecule has 0 N–H and O–H groups in total. The molecule has 0 radical (unpaired) electrons. The lowest BCUT2D eigenvalue weighted by molar-refractivity contribution is -0.188. The predicted octanol–water partition coefficient (Wildman–Crippen LogP) is 2.67. The van der Waals surface area contributed by atoms with Crippen molar-refractivity contribution in [3.8, 4) is 0 Å². The smallest absolute Gasteiger partial charge is 0.354 e. The van der Waals surface area contributed by atoms with Crippen LogP contribution in [0.15, 0.2) is 0 Å². The van der Waals surface area contributed by atoms with Crippen LogP contribution >= 0.6 is 0 Å². The molecule has 1 atom stereocenters. The largest absolute Gasteiger partial charge is 0.457 e. The fraction of sp³-hybridized carbons (Fsp3) is 0.929. The summed E-state index contributed by atoms with van der Waals surface area (Å²) >= 11 is 0. The zero-order valence-corrected chi connectivity index (χ0v) is 13.2. The van der Waals surface area contributed by atoms with Crippen LogP contribution in [0.5, 0.6) is 0 Å². The van der Waals surface area contributed by atoms with E-state index in [-0.39, 0.29) is 5.97 Å². The van der Waals surface area contributed by atoms with E-state index in [0.29, 0.717) is 6.61 Å². The third-order valence-corrected chi connectivity index (χ3v) is 2.32. The Morgan fingerprint density at radius 1 is 1.33 bits per heavy atom. The number of rotatable bonds is 1. The van der Waals surface area contributed by atoms with Gasteiger partial charge < -0.3 is 9.47 Å². The number of esters is 1. The molecule has 1 fully saturated rings. The van der Waals surface area contributed by atoms with E-state index in [2.05, 4.69) is 20.8 Å². The van der Waals surface area contributed by atoms with Crippen LogP contribution in [-0.4, -0.2) is 42.4 Å². The van der Waals surface area contributed by atoms with Gasteiger partial charge in [-0.15, -0.1) is 0 Å². The summed E-state index contributed by atoms with van der Waals surface area (Å²) in [4.78, 5) is 13.7. The van der Waals surface area contributed by atoms with Crippen molar-refractivity contribution in [2.45, 2.75) is 59.8 Å². The maximum atomic E-state index is 11.8. The van der Waals surface area contributed by atoms with Crippen molar-refractivity contribution < 1.29 is 14.3 Å². The highest BCUT2D eigenvalue weighted by Crippen LogP contribution is 2.24. The Hall–Kier alpha value is -0.610. The van der Waals surface area contributed by atoms with Crippen LogP contribution in [0.3, 0.4) is 0 Å². The third kappa shape index (κ3) is 5.83. The first-order valence-corrected chi connectivity index (χ1v) is 6.57. The molecule has 0 aromatic heterocycles. The predicted molar refractivity (Wildman–Crippen MR) is 73.3 cm³/mol. The molecule has 0 spiro atoms. The van der Waals surface area contributed by atoms with E-state index in [1.165, 1.54) is 0 Å². The topological polar surface area (TPSA) is 38.8 Å². The van der Waals surface area contributed by atoms with E-state index >= 15 is 0 Å². The van der Waals surface area contributed by atoms with Gasteiger partial charge in [-0.1, -0.05) is 20.8 Å². The summed E-state index contributed by atoms with van der Waals surface area (Å²) < 4.78 is 10.7. The van der Waals surface area contributed by atoms with Gasteiger partial charge in [-0.3, -0.25) is 4.90 Å². The number of hydrogen-bond donors (Lipinski definition) is 0. The van der Waals surface area contributed by atoms with Crippen molar-refractivity contribution in [2.75, 3.05) is 20.2 Å². The van der Waals surface area contributed by atoms with Crippen LogP contribution in [0.4, 0.5) is 0 Å². The average Bonchev–Trinajstić information content (AvgIpc) is 2.44. The lowest BCUT2D eigenvalue weighted by Gasteiger charge is -2.31. The number of hydrogen-bond acceptors (Lipinski definition) is 4. The van der Waals surface area contributed by atoms with Gasteiger partial charge in [0.05, 0.1) is 6.61 Å².